The zero-order valence-electron chi connectivity index (χ0n) is 29.9. The SMILES string of the molecule is CCCc1cc2c(-c3ccc(C)c(C)c3C)cccc2[cH-]1.CCCc1cc2c(-c3ccc(C)c(C)c3C)cccc2[cH-]1.C[Si]C.[Zr+2]. The Bertz CT molecular complexity index is 1740. The van der Waals surface area contributed by atoms with Crippen LogP contribution in [-0.2, 0) is 39.0 Å². The van der Waals surface area contributed by atoms with Crippen molar-refractivity contribution >= 4 is 31.1 Å². The van der Waals surface area contributed by atoms with Crippen LogP contribution in [0.25, 0.3) is 43.8 Å². The van der Waals surface area contributed by atoms with Crippen molar-refractivity contribution < 1.29 is 26.2 Å². The normalized spacial score (nSPS) is 10.7. The minimum atomic E-state index is 0. The molecule has 0 saturated carbocycles. The van der Waals surface area contributed by atoms with Crippen LogP contribution >= 0.6 is 0 Å². The van der Waals surface area contributed by atoms with E-state index in [1.807, 2.05) is 0 Å². The molecule has 0 aromatic heterocycles. The first-order valence-corrected chi connectivity index (χ1v) is 18.7. The van der Waals surface area contributed by atoms with Gasteiger partial charge in [-0.2, -0.15) is 12.1 Å². The molecule has 0 unspecified atom stereocenters. The van der Waals surface area contributed by atoms with Crippen LogP contribution in [0, 0.1) is 41.5 Å². The predicted molar refractivity (Wildman–Crippen MR) is 204 cm³/mol. The molecule has 0 fully saturated rings. The first kappa shape index (κ1) is 37.7. The van der Waals surface area contributed by atoms with E-state index in [1.165, 1.54) is 114 Å². The Morgan fingerprint density at radius 2 is 0.870 bits per heavy atom. The maximum atomic E-state index is 2.38. The van der Waals surface area contributed by atoms with Gasteiger partial charge in [0.15, 0.2) is 0 Å². The summed E-state index contributed by atoms with van der Waals surface area (Å²) in [6.07, 6.45) is 4.74. The summed E-state index contributed by atoms with van der Waals surface area (Å²) < 4.78 is 0. The van der Waals surface area contributed by atoms with Gasteiger partial charge in [-0.1, -0.05) is 87.3 Å². The fraction of sp³-hybridized carbons (Fsp3) is 0.318. The summed E-state index contributed by atoms with van der Waals surface area (Å²) in [6.45, 7) is 22.1. The molecule has 236 valence electrons. The minimum absolute atomic E-state index is 0. The number of benzene rings is 4. The largest absolute Gasteiger partial charge is 2.00 e. The third kappa shape index (κ3) is 8.37. The van der Waals surface area contributed by atoms with Gasteiger partial charge < -0.3 is 0 Å². The fourth-order valence-electron chi connectivity index (χ4n) is 6.43. The third-order valence-corrected chi connectivity index (χ3v) is 9.39. The Kier molecular flexibility index (Phi) is 14.2. The molecule has 46 heavy (non-hydrogen) atoms. The van der Waals surface area contributed by atoms with Crippen molar-refractivity contribution in [3.05, 3.63) is 129 Å². The molecule has 0 nitrogen and oxygen atoms in total. The Hall–Kier alpha value is -2.80. The summed E-state index contributed by atoms with van der Waals surface area (Å²) in [5.74, 6) is 0. The molecular weight excluding hydrogens is 648 g/mol. The average molecular weight is 700 g/mol. The summed E-state index contributed by atoms with van der Waals surface area (Å²) in [4.78, 5) is 0. The summed E-state index contributed by atoms with van der Waals surface area (Å²) >= 11 is 0. The summed E-state index contributed by atoms with van der Waals surface area (Å²) in [6, 6.07) is 31.8. The molecule has 0 N–H and O–H groups in total. The number of hydrogen-bond acceptors (Lipinski definition) is 0. The molecule has 0 aliphatic carbocycles. The average Bonchev–Trinajstić information content (AvgIpc) is 3.64. The summed E-state index contributed by atoms with van der Waals surface area (Å²) in [7, 11) is 1.08. The van der Waals surface area contributed by atoms with Gasteiger partial charge in [-0.25, -0.2) is 0 Å². The van der Waals surface area contributed by atoms with Crippen LogP contribution in [0.2, 0.25) is 13.1 Å². The second-order valence-corrected chi connectivity index (χ2v) is 13.7. The number of aryl methyl sites for hydroxylation is 4. The van der Waals surface area contributed by atoms with Crippen molar-refractivity contribution in [3.63, 3.8) is 0 Å². The first-order valence-electron chi connectivity index (χ1n) is 16.7. The van der Waals surface area contributed by atoms with Crippen molar-refractivity contribution in [2.24, 2.45) is 0 Å². The molecule has 6 rings (SSSR count). The van der Waals surface area contributed by atoms with Crippen LogP contribution in [0.5, 0.6) is 0 Å². The molecule has 6 aromatic carbocycles. The fourth-order valence-corrected chi connectivity index (χ4v) is 6.43. The maximum Gasteiger partial charge on any atom is 2.00 e. The van der Waals surface area contributed by atoms with Gasteiger partial charge in [-0.15, -0.1) is 69.1 Å². The minimum Gasteiger partial charge on any atom is -0.164 e. The van der Waals surface area contributed by atoms with Gasteiger partial charge in [-0.3, -0.25) is 0 Å². The molecule has 0 atom stereocenters. The molecule has 2 heteroatoms. The second kappa shape index (κ2) is 17.4. The van der Waals surface area contributed by atoms with Crippen LogP contribution in [0.3, 0.4) is 0 Å². The topological polar surface area (TPSA) is 0 Å². The Balaban J connectivity index is 0.000000226. The molecule has 0 heterocycles. The Morgan fingerprint density at radius 3 is 1.22 bits per heavy atom. The van der Waals surface area contributed by atoms with E-state index >= 15 is 0 Å². The Morgan fingerprint density at radius 1 is 0.500 bits per heavy atom. The van der Waals surface area contributed by atoms with E-state index in [-0.39, 0.29) is 26.2 Å². The van der Waals surface area contributed by atoms with Gasteiger partial charge >= 0.3 is 26.2 Å². The summed E-state index contributed by atoms with van der Waals surface area (Å²) in [5.41, 5.74) is 16.8. The van der Waals surface area contributed by atoms with Crippen molar-refractivity contribution in [2.75, 3.05) is 0 Å². The maximum absolute atomic E-state index is 2.38. The Labute approximate surface area is 301 Å². The molecule has 0 aliphatic heterocycles. The molecule has 0 saturated heterocycles. The number of rotatable bonds is 6. The van der Waals surface area contributed by atoms with Crippen molar-refractivity contribution in [1.82, 2.24) is 0 Å². The zero-order chi connectivity index (χ0) is 32.7. The van der Waals surface area contributed by atoms with Crippen LogP contribution in [0.15, 0.2) is 84.9 Å². The van der Waals surface area contributed by atoms with E-state index in [2.05, 4.69) is 153 Å². The molecular formula is C44H52SiZr. The molecule has 2 radical (unpaired) electrons. The van der Waals surface area contributed by atoms with Crippen LogP contribution in [-0.4, -0.2) is 9.52 Å². The quantitative estimate of drug-likeness (QED) is 0.120. The van der Waals surface area contributed by atoms with Crippen LogP contribution in [0.1, 0.15) is 71.2 Å². The molecule has 0 amide bonds. The van der Waals surface area contributed by atoms with E-state index < -0.39 is 0 Å². The van der Waals surface area contributed by atoms with Crippen molar-refractivity contribution in [1.29, 1.82) is 0 Å². The molecule has 6 aromatic rings. The zero-order valence-corrected chi connectivity index (χ0v) is 33.4. The molecule has 0 bridgehead atoms. The standard InChI is InChI=1S/2C21H23.C2H6Si.Zr/c2*1-5-7-17-12-18-8-6-9-20(21(18)13-17)19-11-10-14(2)15(3)16(19)4;1-3-2;/h2*6,8-13H,5,7H2,1-4H3;1-2H3;/q2*-1;;+2. The van der Waals surface area contributed by atoms with E-state index in [0.29, 0.717) is 0 Å². The van der Waals surface area contributed by atoms with E-state index in [9.17, 15) is 0 Å². The van der Waals surface area contributed by atoms with Crippen LogP contribution in [0.4, 0.5) is 0 Å². The van der Waals surface area contributed by atoms with Crippen molar-refractivity contribution in [2.45, 2.75) is 94.2 Å². The summed E-state index contributed by atoms with van der Waals surface area (Å²) in [5, 5.41) is 5.53. The monoisotopic (exact) mass is 698 g/mol. The molecule has 0 spiro atoms. The predicted octanol–water partition coefficient (Wildman–Crippen LogP) is 13.0. The van der Waals surface area contributed by atoms with E-state index in [4.69, 9.17) is 0 Å². The third-order valence-electron chi connectivity index (χ3n) is 9.39. The smallest absolute Gasteiger partial charge is 0.164 e. The number of fused-ring (bicyclic) bond motifs is 2. The van der Waals surface area contributed by atoms with Gasteiger partial charge in [0.1, 0.15) is 0 Å². The van der Waals surface area contributed by atoms with Gasteiger partial charge in [0.2, 0.25) is 0 Å². The molecule has 0 aliphatic rings. The van der Waals surface area contributed by atoms with E-state index in [1.54, 1.807) is 0 Å². The van der Waals surface area contributed by atoms with Gasteiger partial charge in [0, 0.05) is 9.52 Å². The van der Waals surface area contributed by atoms with Gasteiger partial charge in [0.25, 0.3) is 0 Å². The second-order valence-electron chi connectivity index (χ2n) is 12.7. The van der Waals surface area contributed by atoms with Gasteiger partial charge in [-0.05, 0) is 98.9 Å². The van der Waals surface area contributed by atoms with E-state index in [0.717, 1.165) is 9.52 Å². The first-order chi connectivity index (χ1) is 21.6. The number of hydrogen-bond donors (Lipinski definition) is 0. The van der Waals surface area contributed by atoms with Crippen molar-refractivity contribution in [3.8, 4) is 22.3 Å². The van der Waals surface area contributed by atoms with Gasteiger partial charge in [0.05, 0.1) is 0 Å². The van der Waals surface area contributed by atoms with Crippen LogP contribution < -0.4 is 0 Å².